The van der Waals surface area contributed by atoms with Crippen molar-refractivity contribution in [2.75, 3.05) is 33.9 Å². The highest BCUT2D eigenvalue weighted by atomic mass is 31.2. The van der Waals surface area contributed by atoms with E-state index >= 15 is 0 Å². The zero-order chi connectivity index (χ0) is 23.1. The molecule has 0 aromatic heterocycles. The molecule has 0 aromatic rings. The van der Waals surface area contributed by atoms with Crippen molar-refractivity contribution in [3.8, 4) is 6.07 Å². The molecule has 0 spiro atoms. The summed E-state index contributed by atoms with van der Waals surface area (Å²) in [4.78, 5) is 23.9. The molecule has 2 unspecified atom stereocenters. The molecule has 0 aliphatic rings. The first kappa shape index (κ1) is 28.4. The van der Waals surface area contributed by atoms with Gasteiger partial charge in [0.05, 0.1) is 31.8 Å². The predicted molar refractivity (Wildman–Crippen MR) is 117 cm³/mol. The van der Waals surface area contributed by atoms with E-state index in [1.54, 1.807) is 20.2 Å². The third kappa shape index (κ3) is 11.6. The molecule has 0 saturated heterocycles. The Morgan fingerprint density at radius 3 is 2.37 bits per heavy atom. The van der Waals surface area contributed by atoms with Crippen molar-refractivity contribution in [3.63, 3.8) is 0 Å². The fraction of sp³-hybridized carbons (Fsp3) is 0.750. The number of imide groups is 1. The van der Waals surface area contributed by atoms with E-state index in [9.17, 15) is 9.59 Å². The molecule has 0 aliphatic heterocycles. The molecule has 0 bridgehead atoms. The summed E-state index contributed by atoms with van der Waals surface area (Å²) >= 11 is 0. The minimum Gasteiger partial charge on any atom is -0.380 e. The van der Waals surface area contributed by atoms with Crippen molar-refractivity contribution in [1.82, 2.24) is 14.9 Å². The third-order valence-electron chi connectivity index (χ3n) is 4.13. The highest BCUT2D eigenvalue weighted by Crippen LogP contribution is 2.46. The predicted octanol–water partition coefficient (Wildman–Crippen LogP) is 2.79. The largest absolute Gasteiger partial charge is 0.380 e. The van der Waals surface area contributed by atoms with Crippen molar-refractivity contribution < 1.29 is 23.4 Å². The van der Waals surface area contributed by atoms with Crippen LogP contribution in [-0.2, 0) is 23.4 Å². The average Bonchev–Trinajstić information content (AvgIpc) is 2.67. The second-order valence-corrected chi connectivity index (χ2v) is 8.83. The van der Waals surface area contributed by atoms with Crippen LogP contribution < -0.4 is 5.32 Å². The first-order chi connectivity index (χ1) is 14.2. The van der Waals surface area contributed by atoms with Crippen molar-refractivity contribution in [2.24, 2.45) is 0 Å². The summed E-state index contributed by atoms with van der Waals surface area (Å²) in [6, 6.07) is 2.55. The molecule has 0 radical (unpaired) electrons. The molecular formula is C20H37N4O5P. The van der Waals surface area contributed by atoms with Crippen molar-refractivity contribution in [1.29, 1.82) is 5.26 Å². The van der Waals surface area contributed by atoms with Gasteiger partial charge in [-0.2, -0.15) is 5.26 Å². The maximum atomic E-state index is 11.6. The summed E-state index contributed by atoms with van der Waals surface area (Å²) < 4.78 is 19.7. The smallest absolute Gasteiger partial charge is 0.259 e. The van der Waals surface area contributed by atoms with Gasteiger partial charge in [-0.1, -0.05) is 0 Å². The number of hydrogen-bond donors (Lipinski definition) is 1. The first-order valence-corrected chi connectivity index (χ1v) is 11.2. The monoisotopic (exact) mass is 444 g/mol. The van der Waals surface area contributed by atoms with E-state index in [2.05, 4.69) is 43.8 Å². The normalized spacial score (nSPS) is 14.0. The van der Waals surface area contributed by atoms with E-state index in [-0.39, 0.29) is 18.2 Å². The number of nitriles is 1. The number of rotatable bonds is 16. The molecular weight excluding hydrogens is 407 g/mol. The van der Waals surface area contributed by atoms with Gasteiger partial charge in [0.2, 0.25) is 6.41 Å². The van der Waals surface area contributed by atoms with Crippen LogP contribution in [0.1, 0.15) is 47.5 Å². The molecule has 0 heterocycles. The quantitative estimate of drug-likeness (QED) is 0.168. The molecule has 0 fully saturated rings. The Balaban J connectivity index is 4.85. The van der Waals surface area contributed by atoms with E-state index in [4.69, 9.17) is 19.0 Å². The third-order valence-corrected chi connectivity index (χ3v) is 6.21. The molecule has 1 N–H and O–H groups in total. The summed E-state index contributed by atoms with van der Waals surface area (Å²) in [5.41, 5.74) is 0.439. The molecule has 2 amide bonds. The molecule has 30 heavy (non-hydrogen) atoms. The second-order valence-electron chi connectivity index (χ2n) is 7.37. The summed E-state index contributed by atoms with van der Waals surface area (Å²) in [6.45, 7) is 11.3. The lowest BCUT2D eigenvalue weighted by molar-refractivity contribution is -0.122. The number of hydrogen-bond acceptors (Lipinski definition) is 8. The van der Waals surface area contributed by atoms with Crippen LogP contribution in [0.15, 0.2) is 11.8 Å². The van der Waals surface area contributed by atoms with E-state index in [1.165, 1.54) is 0 Å². The zero-order valence-corrected chi connectivity index (χ0v) is 20.1. The topological polar surface area (TPSA) is 104 Å². The summed E-state index contributed by atoms with van der Waals surface area (Å²) in [5, 5.41) is 10.9. The van der Waals surface area contributed by atoms with Crippen LogP contribution in [0.4, 0.5) is 0 Å². The Bertz CT molecular complexity index is 572. The Morgan fingerprint density at radius 2 is 1.87 bits per heavy atom. The van der Waals surface area contributed by atoms with Crippen LogP contribution in [-0.4, -0.2) is 74.0 Å². The molecule has 0 saturated carbocycles. The Hall–Kier alpha value is -1.56. The minimum absolute atomic E-state index is 0.157. The number of nitrogens with one attached hydrogen (secondary N) is 1. The number of ether oxygens (including phenoxy) is 1. The molecule has 10 heteroatoms. The van der Waals surface area contributed by atoms with Gasteiger partial charge in [0.15, 0.2) is 0 Å². The highest BCUT2D eigenvalue weighted by Gasteiger charge is 2.28. The number of carbonyl (C=O) groups is 2. The maximum absolute atomic E-state index is 11.6. The van der Waals surface area contributed by atoms with Gasteiger partial charge in [0.25, 0.3) is 14.4 Å². The summed E-state index contributed by atoms with van der Waals surface area (Å²) in [7, 11) is 2.17. The lowest BCUT2D eigenvalue weighted by Crippen LogP contribution is -2.34. The Morgan fingerprint density at radius 1 is 1.23 bits per heavy atom. The molecule has 0 rings (SSSR count). The van der Waals surface area contributed by atoms with Crippen LogP contribution in [0, 0.1) is 11.3 Å². The van der Waals surface area contributed by atoms with Gasteiger partial charge < -0.3 is 18.7 Å². The van der Waals surface area contributed by atoms with Gasteiger partial charge in [-0.3, -0.25) is 14.9 Å². The standard InChI is InChI=1S/C20H37N4O5P/c1-16(2)24(17(3)4)30(28-12-8-10-21)29-14-19(27-7)9-11-23(6)13-18(5)20(26)22-15-25/h13,15-17,19H,8-9,11-12,14H2,1-7H3,(H,22,25,26)/b18-13-. The summed E-state index contributed by atoms with van der Waals surface area (Å²) in [5.74, 6) is -0.425. The average molecular weight is 445 g/mol. The second kappa shape index (κ2) is 16.2. The lowest BCUT2D eigenvalue weighted by Gasteiger charge is -2.36. The number of nitrogens with zero attached hydrogens (tertiary/aromatic N) is 3. The van der Waals surface area contributed by atoms with E-state index in [0.29, 0.717) is 44.6 Å². The minimum atomic E-state index is -1.32. The fourth-order valence-electron chi connectivity index (χ4n) is 2.70. The van der Waals surface area contributed by atoms with Gasteiger partial charge in [-0.05, 0) is 41.0 Å². The zero-order valence-electron chi connectivity index (χ0n) is 19.3. The Labute approximate surface area is 182 Å². The number of carbonyl (C=O) groups excluding carboxylic acids is 2. The van der Waals surface area contributed by atoms with Crippen LogP contribution in [0.5, 0.6) is 0 Å². The molecule has 0 aromatic carbocycles. The van der Waals surface area contributed by atoms with Crippen LogP contribution in [0.25, 0.3) is 0 Å². The molecule has 9 nitrogen and oxygen atoms in total. The molecule has 172 valence electrons. The maximum Gasteiger partial charge on any atom is 0.259 e. The van der Waals surface area contributed by atoms with Crippen LogP contribution >= 0.6 is 8.53 Å². The van der Waals surface area contributed by atoms with E-state index < -0.39 is 14.4 Å². The Kier molecular flexibility index (Phi) is 15.3. The number of methoxy groups -OCH3 is 1. The molecule has 0 aliphatic carbocycles. The van der Waals surface area contributed by atoms with E-state index in [1.807, 2.05) is 11.9 Å². The highest BCUT2D eigenvalue weighted by molar-refractivity contribution is 7.44. The van der Waals surface area contributed by atoms with Gasteiger partial charge >= 0.3 is 0 Å². The summed E-state index contributed by atoms with van der Waals surface area (Å²) in [6.07, 6.45) is 2.89. The number of amides is 2. The van der Waals surface area contributed by atoms with Gasteiger partial charge in [-0.25, -0.2) is 4.67 Å². The first-order valence-electron chi connectivity index (χ1n) is 10.0. The molecule has 2 atom stereocenters. The fourth-order valence-corrected chi connectivity index (χ4v) is 4.33. The van der Waals surface area contributed by atoms with Crippen LogP contribution in [0.3, 0.4) is 0 Å². The van der Waals surface area contributed by atoms with Crippen molar-refractivity contribution in [3.05, 3.63) is 11.8 Å². The van der Waals surface area contributed by atoms with Crippen LogP contribution in [0.2, 0.25) is 0 Å². The van der Waals surface area contributed by atoms with Gasteiger partial charge in [0, 0.05) is 44.6 Å². The van der Waals surface area contributed by atoms with Crippen molar-refractivity contribution >= 4 is 20.8 Å². The van der Waals surface area contributed by atoms with Gasteiger partial charge in [0.1, 0.15) is 0 Å². The lowest BCUT2D eigenvalue weighted by atomic mass is 10.2. The van der Waals surface area contributed by atoms with Crippen molar-refractivity contribution in [2.45, 2.75) is 65.6 Å². The van der Waals surface area contributed by atoms with E-state index in [0.717, 1.165) is 0 Å². The van der Waals surface area contributed by atoms with Gasteiger partial charge in [-0.15, -0.1) is 0 Å². The SMILES string of the molecule is COC(CCN(C)/C=C(/C)C(=O)NC=O)COP(OCCC#N)N(C(C)C)C(C)C.